The maximum atomic E-state index is 11.2. The number of hydrogen-bond acceptors (Lipinski definition) is 6. The highest BCUT2D eigenvalue weighted by Gasteiger charge is 2.17. The van der Waals surface area contributed by atoms with E-state index in [1.165, 1.54) is 21.3 Å². The number of ether oxygens (including phenoxy) is 3. The number of phenolic OH excluding ortho intramolecular Hbond substituents is 1. The van der Waals surface area contributed by atoms with Crippen LogP contribution in [0.2, 0.25) is 0 Å². The monoisotopic (exact) mass is 255 g/mol. The van der Waals surface area contributed by atoms with Gasteiger partial charge in [0.05, 0.1) is 27.8 Å². The molecule has 0 aliphatic carbocycles. The molecule has 0 saturated carbocycles. The molecule has 0 saturated heterocycles. The number of nitrogens with two attached hydrogens (primary N) is 1. The van der Waals surface area contributed by atoms with Gasteiger partial charge in [-0.1, -0.05) is 0 Å². The molecule has 3 N–H and O–H groups in total. The molecule has 0 aliphatic heterocycles. The third kappa shape index (κ3) is 3.04. The van der Waals surface area contributed by atoms with Crippen molar-refractivity contribution in [2.45, 2.75) is 12.5 Å². The lowest BCUT2D eigenvalue weighted by Gasteiger charge is -2.15. The minimum atomic E-state index is -0.555. The minimum absolute atomic E-state index is 0.0353. The first-order valence-electron chi connectivity index (χ1n) is 5.30. The molecule has 6 heteroatoms. The summed E-state index contributed by atoms with van der Waals surface area (Å²) in [6, 6.07) is 2.57. The fraction of sp³-hybridized carbons (Fsp3) is 0.417. The predicted molar refractivity (Wildman–Crippen MR) is 64.8 cm³/mol. The molecule has 0 unspecified atom stereocenters. The van der Waals surface area contributed by atoms with Crippen LogP contribution in [0.15, 0.2) is 12.1 Å². The quantitative estimate of drug-likeness (QED) is 0.762. The molecule has 18 heavy (non-hydrogen) atoms. The zero-order valence-electron chi connectivity index (χ0n) is 10.6. The van der Waals surface area contributed by atoms with Crippen LogP contribution in [0.3, 0.4) is 0 Å². The van der Waals surface area contributed by atoms with Gasteiger partial charge in [-0.2, -0.15) is 0 Å². The molecule has 0 aromatic heterocycles. The Morgan fingerprint density at radius 2 is 1.78 bits per heavy atom. The maximum Gasteiger partial charge on any atom is 0.307 e. The van der Waals surface area contributed by atoms with Gasteiger partial charge in [-0.05, 0) is 17.7 Å². The Bertz CT molecular complexity index is 407. The third-order valence-corrected chi connectivity index (χ3v) is 2.54. The van der Waals surface area contributed by atoms with Crippen molar-refractivity contribution in [3.63, 3.8) is 0 Å². The molecular formula is C12H17NO5. The number of benzene rings is 1. The van der Waals surface area contributed by atoms with Crippen LogP contribution in [-0.4, -0.2) is 32.4 Å². The number of phenols is 1. The topological polar surface area (TPSA) is 91.0 Å². The van der Waals surface area contributed by atoms with E-state index < -0.39 is 12.0 Å². The van der Waals surface area contributed by atoms with Crippen LogP contribution in [0, 0.1) is 0 Å². The van der Waals surface area contributed by atoms with Crippen LogP contribution < -0.4 is 15.2 Å². The van der Waals surface area contributed by atoms with Crippen LogP contribution in [0.5, 0.6) is 17.2 Å². The zero-order chi connectivity index (χ0) is 13.7. The number of aromatic hydroxyl groups is 1. The second kappa shape index (κ2) is 6.11. The average molecular weight is 255 g/mol. The van der Waals surface area contributed by atoms with E-state index in [9.17, 15) is 9.90 Å². The van der Waals surface area contributed by atoms with Crippen molar-refractivity contribution in [3.05, 3.63) is 17.7 Å². The molecule has 6 nitrogen and oxygen atoms in total. The lowest BCUT2D eigenvalue weighted by Crippen LogP contribution is -2.16. The van der Waals surface area contributed by atoms with E-state index in [1.54, 1.807) is 12.1 Å². The smallest absolute Gasteiger partial charge is 0.307 e. The first kappa shape index (κ1) is 14.1. The highest BCUT2D eigenvalue weighted by atomic mass is 16.5. The Labute approximate surface area is 105 Å². The van der Waals surface area contributed by atoms with Crippen molar-refractivity contribution in [2.24, 2.45) is 5.73 Å². The highest BCUT2D eigenvalue weighted by Crippen LogP contribution is 2.38. The average Bonchev–Trinajstić information content (AvgIpc) is 2.38. The number of carbonyl (C=O) groups excluding carboxylic acids is 1. The normalized spacial score (nSPS) is 11.8. The number of hydrogen-bond donors (Lipinski definition) is 2. The van der Waals surface area contributed by atoms with Gasteiger partial charge in [-0.25, -0.2) is 0 Å². The van der Waals surface area contributed by atoms with Crippen molar-refractivity contribution >= 4 is 5.97 Å². The first-order chi connectivity index (χ1) is 8.53. The number of esters is 1. The zero-order valence-corrected chi connectivity index (χ0v) is 10.6. The summed E-state index contributed by atoms with van der Waals surface area (Å²) in [5.41, 5.74) is 6.49. The van der Waals surface area contributed by atoms with Crippen molar-refractivity contribution in [1.82, 2.24) is 0 Å². The van der Waals surface area contributed by atoms with Crippen molar-refractivity contribution in [3.8, 4) is 17.2 Å². The summed E-state index contributed by atoms with van der Waals surface area (Å²) in [4.78, 5) is 11.2. The summed E-state index contributed by atoms with van der Waals surface area (Å²) in [5.74, 6) is -0.0307. The predicted octanol–water partition coefficient (Wildman–Crippen LogP) is 0.972. The van der Waals surface area contributed by atoms with Crippen LogP contribution in [0.25, 0.3) is 0 Å². The largest absolute Gasteiger partial charge is 0.502 e. The molecule has 0 radical (unpaired) electrons. The van der Waals surface area contributed by atoms with Gasteiger partial charge < -0.3 is 25.1 Å². The van der Waals surface area contributed by atoms with E-state index in [-0.39, 0.29) is 23.7 Å². The Morgan fingerprint density at radius 1 is 1.28 bits per heavy atom. The molecule has 0 fully saturated rings. The van der Waals surface area contributed by atoms with Gasteiger partial charge in [0, 0.05) is 6.04 Å². The van der Waals surface area contributed by atoms with E-state index >= 15 is 0 Å². The maximum absolute atomic E-state index is 11.2. The van der Waals surface area contributed by atoms with E-state index in [4.69, 9.17) is 15.2 Å². The Kier molecular flexibility index (Phi) is 4.79. The molecule has 0 spiro atoms. The van der Waals surface area contributed by atoms with Crippen LogP contribution in [-0.2, 0) is 9.53 Å². The van der Waals surface area contributed by atoms with Gasteiger partial charge >= 0.3 is 5.97 Å². The van der Waals surface area contributed by atoms with Crippen LogP contribution in [0.1, 0.15) is 18.0 Å². The van der Waals surface area contributed by atoms with E-state index in [0.717, 1.165) is 0 Å². The second-order valence-electron chi connectivity index (χ2n) is 3.66. The molecule has 0 bridgehead atoms. The van der Waals surface area contributed by atoms with Crippen LogP contribution >= 0.6 is 0 Å². The SMILES string of the molecule is COC(=O)C[C@@H](N)c1cc(OC)c(O)c(OC)c1. The van der Waals surface area contributed by atoms with E-state index in [1.807, 2.05) is 0 Å². The molecule has 100 valence electrons. The van der Waals surface area contributed by atoms with Gasteiger partial charge in [-0.15, -0.1) is 0 Å². The Morgan fingerprint density at radius 3 is 2.17 bits per heavy atom. The Balaban J connectivity index is 3.05. The molecule has 0 aliphatic rings. The van der Waals surface area contributed by atoms with E-state index in [0.29, 0.717) is 5.56 Å². The van der Waals surface area contributed by atoms with Gasteiger partial charge in [-0.3, -0.25) is 4.79 Å². The van der Waals surface area contributed by atoms with Gasteiger partial charge in [0.2, 0.25) is 5.75 Å². The summed E-state index contributed by atoms with van der Waals surface area (Å²) in [5, 5.41) is 9.74. The van der Waals surface area contributed by atoms with E-state index in [2.05, 4.69) is 4.74 Å². The number of methoxy groups -OCH3 is 3. The van der Waals surface area contributed by atoms with Crippen molar-refractivity contribution in [1.29, 1.82) is 0 Å². The number of carbonyl (C=O) groups is 1. The molecule has 0 heterocycles. The molecular weight excluding hydrogens is 238 g/mol. The summed E-state index contributed by atoms with van der Waals surface area (Å²) < 4.78 is 14.6. The second-order valence-corrected chi connectivity index (χ2v) is 3.66. The highest BCUT2D eigenvalue weighted by molar-refractivity contribution is 5.70. The molecule has 1 rings (SSSR count). The van der Waals surface area contributed by atoms with Crippen molar-refractivity contribution < 1.29 is 24.1 Å². The minimum Gasteiger partial charge on any atom is -0.502 e. The summed E-state index contributed by atoms with van der Waals surface area (Å²) in [6.45, 7) is 0. The first-order valence-corrected chi connectivity index (χ1v) is 5.30. The number of rotatable bonds is 5. The lowest BCUT2D eigenvalue weighted by atomic mass is 10.0. The molecule has 1 aromatic rings. The van der Waals surface area contributed by atoms with Gasteiger partial charge in [0.25, 0.3) is 0 Å². The van der Waals surface area contributed by atoms with Crippen LogP contribution in [0.4, 0.5) is 0 Å². The fourth-order valence-electron chi connectivity index (χ4n) is 1.51. The van der Waals surface area contributed by atoms with Gasteiger partial charge in [0.15, 0.2) is 11.5 Å². The van der Waals surface area contributed by atoms with Crippen molar-refractivity contribution in [2.75, 3.05) is 21.3 Å². The molecule has 1 aromatic carbocycles. The molecule has 0 amide bonds. The standard InChI is InChI=1S/C12H17NO5/c1-16-9-4-7(5-10(17-2)12(9)15)8(13)6-11(14)18-3/h4-5,8,15H,6,13H2,1-3H3/t8-/m1/s1. The summed E-state index contributed by atoms with van der Waals surface area (Å²) in [7, 11) is 4.14. The fourth-order valence-corrected chi connectivity index (χ4v) is 1.51. The van der Waals surface area contributed by atoms with Gasteiger partial charge in [0.1, 0.15) is 0 Å². The third-order valence-electron chi connectivity index (χ3n) is 2.54. The molecule has 1 atom stereocenters. The Hall–Kier alpha value is -1.95. The summed E-state index contributed by atoms with van der Waals surface area (Å²) in [6.07, 6.45) is 0.0353. The summed E-state index contributed by atoms with van der Waals surface area (Å²) >= 11 is 0. The lowest BCUT2D eigenvalue weighted by molar-refractivity contribution is -0.141.